The minimum atomic E-state index is -0.790. The van der Waals surface area contributed by atoms with Crippen LogP contribution in [0.5, 0.6) is 0 Å². The van der Waals surface area contributed by atoms with Crippen molar-refractivity contribution in [3.8, 4) is 0 Å². The Hall–Kier alpha value is -0.950. The quantitative estimate of drug-likeness (QED) is 0.777. The average molecular weight is 330 g/mol. The van der Waals surface area contributed by atoms with E-state index in [2.05, 4.69) is 10.3 Å². The highest BCUT2D eigenvalue weighted by atomic mass is 32.2. The highest BCUT2D eigenvalue weighted by Crippen LogP contribution is 2.38. The van der Waals surface area contributed by atoms with Crippen molar-refractivity contribution in [2.75, 3.05) is 24.7 Å². The molecule has 2 rings (SSSR count). The number of nitrogens with one attached hydrogen (secondary N) is 1. The van der Waals surface area contributed by atoms with Crippen LogP contribution in [0.1, 0.15) is 43.2 Å². The number of nitrogens with zero attached hydrogens (tertiary/aromatic N) is 1. The van der Waals surface area contributed by atoms with Crippen LogP contribution in [0.2, 0.25) is 0 Å². The van der Waals surface area contributed by atoms with Crippen molar-refractivity contribution in [2.24, 2.45) is 0 Å². The average Bonchev–Trinajstić information content (AvgIpc) is 2.98. The molecule has 0 saturated carbocycles. The molecule has 21 heavy (non-hydrogen) atoms. The Kier molecular flexibility index (Phi) is 5.75. The summed E-state index contributed by atoms with van der Waals surface area (Å²) in [5.41, 5.74) is 0.882. The number of aryl methyl sites for hydroxylation is 1. The molecule has 1 aliphatic carbocycles. The molecule has 0 radical (unpaired) electrons. The number of anilines is 1. The van der Waals surface area contributed by atoms with Crippen LogP contribution in [0.3, 0.4) is 0 Å². The van der Waals surface area contributed by atoms with Crippen molar-refractivity contribution in [3.63, 3.8) is 0 Å². The Morgan fingerprint density at radius 1 is 1.62 bits per heavy atom. The molecule has 1 N–H and O–H groups in total. The molecule has 1 aromatic heterocycles. The molecule has 1 aliphatic rings. The van der Waals surface area contributed by atoms with Crippen LogP contribution in [0, 0.1) is 0 Å². The summed E-state index contributed by atoms with van der Waals surface area (Å²) in [6.07, 6.45) is 4.27. The smallest absolute Gasteiger partial charge is 0.315 e. The van der Waals surface area contributed by atoms with Gasteiger partial charge in [-0.2, -0.15) is 0 Å². The number of carbonyl (C=O) groups excluding carboxylic acids is 1. The van der Waals surface area contributed by atoms with Gasteiger partial charge in [0.1, 0.15) is 5.92 Å². The highest BCUT2D eigenvalue weighted by molar-refractivity contribution is 7.84. The fraction of sp³-hybridized carbons (Fsp3) is 0.714. The lowest BCUT2D eigenvalue weighted by Crippen LogP contribution is -2.15. The van der Waals surface area contributed by atoms with Gasteiger partial charge in [-0.15, -0.1) is 11.3 Å². The predicted octanol–water partition coefficient (Wildman–Crippen LogP) is 2.31. The maximum absolute atomic E-state index is 11.9. The van der Waals surface area contributed by atoms with E-state index in [1.165, 1.54) is 4.88 Å². The summed E-state index contributed by atoms with van der Waals surface area (Å²) in [7, 11) is -0.790. The Labute approximate surface area is 131 Å². The number of carbonyl (C=O) groups is 1. The third-order valence-electron chi connectivity index (χ3n) is 3.68. The number of aromatic nitrogens is 1. The van der Waals surface area contributed by atoms with E-state index in [-0.39, 0.29) is 17.1 Å². The zero-order chi connectivity index (χ0) is 15.4. The highest BCUT2D eigenvalue weighted by Gasteiger charge is 2.33. The van der Waals surface area contributed by atoms with Gasteiger partial charge in [0, 0.05) is 33.7 Å². The molecular formula is C14H22N2O3S2. The first-order valence-electron chi connectivity index (χ1n) is 7.25. The van der Waals surface area contributed by atoms with Gasteiger partial charge < -0.3 is 10.1 Å². The van der Waals surface area contributed by atoms with Gasteiger partial charge in [-0.1, -0.05) is 6.92 Å². The van der Waals surface area contributed by atoms with Gasteiger partial charge in [0.05, 0.1) is 12.3 Å². The number of rotatable bonds is 7. The molecule has 0 amide bonds. The molecule has 0 aromatic carbocycles. The molecule has 0 fully saturated rings. The summed E-state index contributed by atoms with van der Waals surface area (Å²) in [4.78, 5) is 17.6. The van der Waals surface area contributed by atoms with E-state index in [4.69, 9.17) is 4.74 Å². The molecule has 5 nitrogen and oxygen atoms in total. The molecule has 0 aliphatic heterocycles. The van der Waals surface area contributed by atoms with E-state index >= 15 is 0 Å². The summed E-state index contributed by atoms with van der Waals surface area (Å²) in [5, 5.41) is 4.30. The molecule has 3 unspecified atom stereocenters. The third kappa shape index (κ3) is 4.03. The van der Waals surface area contributed by atoms with Gasteiger partial charge in [0.25, 0.3) is 0 Å². The van der Waals surface area contributed by atoms with Crippen LogP contribution in [-0.2, 0) is 26.8 Å². The predicted molar refractivity (Wildman–Crippen MR) is 86.4 cm³/mol. The van der Waals surface area contributed by atoms with Crippen LogP contribution >= 0.6 is 11.3 Å². The Balaban J connectivity index is 1.92. The number of fused-ring (bicyclic) bond motifs is 1. The molecule has 1 aromatic rings. The molecule has 0 bridgehead atoms. The van der Waals surface area contributed by atoms with Gasteiger partial charge in [-0.25, -0.2) is 4.98 Å². The van der Waals surface area contributed by atoms with Crippen LogP contribution < -0.4 is 5.32 Å². The lowest BCUT2D eigenvalue weighted by molar-refractivity contribution is -0.145. The molecule has 118 valence electrons. The minimum Gasteiger partial charge on any atom is -0.465 e. The first kappa shape index (κ1) is 16.4. The normalized spacial score (nSPS) is 19.9. The molecule has 1 heterocycles. The summed E-state index contributed by atoms with van der Waals surface area (Å²) in [6.45, 7) is 4.96. The zero-order valence-corrected chi connectivity index (χ0v) is 14.3. The number of esters is 1. The summed E-state index contributed by atoms with van der Waals surface area (Å²) in [6, 6.07) is 0. The zero-order valence-electron chi connectivity index (χ0n) is 12.7. The topological polar surface area (TPSA) is 68.3 Å². The second-order valence-corrected chi connectivity index (χ2v) is 8.08. The van der Waals surface area contributed by atoms with E-state index in [0.29, 0.717) is 6.61 Å². The number of hydrogen-bond acceptors (Lipinski definition) is 6. The van der Waals surface area contributed by atoms with E-state index in [1.54, 1.807) is 17.6 Å². The number of thiazole rings is 1. The van der Waals surface area contributed by atoms with Crippen molar-refractivity contribution in [1.29, 1.82) is 0 Å². The van der Waals surface area contributed by atoms with Crippen molar-refractivity contribution in [1.82, 2.24) is 4.98 Å². The Morgan fingerprint density at radius 2 is 2.38 bits per heavy atom. The number of hydrogen-bond donors (Lipinski definition) is 1. The molecular weight excluding hydrogens is 308 g/mol. The van der Waals surface area contributed by atoms with Crippen molar-refractivity contribution in [3.05, 3.63) is 10.6 Å². The van der Waals surface area contributed by atoms with Gasteiger partial charge in [-0.05, 0) is 26.2 Å². The lowest BCUT2D eigenvalue weighted by Gasteiger charge is -2.09. The van der Waals surface area contributed by atoms with E-state index in [0.717, 1.165) is 36.6 Å². The maximum atomic E-state index is 11.9. The lowest BCUT2D eigenvalue weighted by atomic mass is 10.1. The van der Waals surface area contributed by atoms with Crippen LogP contribution in [0.25, 0.3) is 0 Å². The van der Waals surface area contributed by atoms with E-state index in [9.17, 15) is 9.00 Å². The van der Waals surface area contributed by atoms with E-state index < -0.39 is 10.8 Å². The SMILES string of the molecule is CCOC(=O)C1CCc2sc(NCCC(C)S(C)=O)nc21. The maximum Gasteiger partial charge on any atom is 0.315 e. The second kappa shape index (κ2) is 7.35. The standard InChI is InChI=1S/C14H22N2O3S2/c1-4-19-13(17)10-5-6-11-12(10)16-14(20-11)15-8-7-9(2)21(3)18/h9-10H,4-8H2,1-3H3,(H,15,16). The summed E-state index contributed by atoms with van der Waals surface area (Å²) in [5.74, 6) is -0.364. The van der Waals surface area contributed by atoms with Crippen LogP contribution in [0.15, 0.2) is 0 Å². The fourth-order valence-corrected chi connectivity index (χ4v) is 3.84. The molecule has 0 spiro atoms. The van der Waals surface area contributed by atoms with Crippen LogP contribution in [-0.4, -0.2) is 39.8 Å². The molecule has 3 atom stereocenters. The molecule has 7 heteroatoms. The van der Waals surface area contributed by atoms with Gasteiger partial charge in [0.15, 0.2) is 5.13 Å². The summed E-state index contributed by atoms with van der Waals surface area (Å²) >= 11 is 1.62. The Morgan fingerprint density at radius 3 is 3.05 bits per heavy atom. The van der Waals surface area contributed by atoms with Crippen molar-refractivity contribution >= 4 is 33.2 Å². The van der Waals surface area contributed by atoms with Gasteiger partial charge in [-0.3, -0.25) is 9.00 Å². The van der Waals surface area contributed by atoms with Crippen molar-refractivity contribution in [2.45, 2.75) is 44.3 Å². The second-order valence-electron chi connectivity index (χ2n) is 5.20. The largest absolute Gasteiger partial charge is 0.465 e. The van der Waals surface area contributed by atoms with Crippen LogP contribution in [0.4, 0.5) is 5.13 Å². The minimum absolute atomic E-state index is 0.164. The third-order valence-corrected chi connectivity index (χ3v) is 6.14. The monoisotopic (exact) mass is 330 g/mol. The van der Waals surface area contributed by atoms with Crippen molar-refractivity contribution < 1.29 is 13.7 Å². The first-order chi connectivity index (χ1) is 10.0. The van der Waals surface area contributed by atoms with E-state index in [1.807, 2.05) is 13.8 Å². The van der Waals surface area contributed by atoms with Gasteiger partial charge >= 0.3 is 5.97 Å². The Bertz CT molecular complexity index is 530. The fourth-order valence-electron chi connectivity index (χ4n) is 2.32. The van der Waals surface area contributed by atoms with Gasteiger partial charge in [0.2, 0.25) is 0 Å². The summed E-state index contributed by atoms with van der Waals surface area (Å²) < 4.78 is 16.4. The molecule has 0 saturated heterocycles. The first-order valence-corrected chi connectivity index (χ1v) is 9.69. The number of ether oxygens (including phenoxy) is 1.